The van der Waals surface area contributed by atoms with Crippen LogP contribution >= 0.6 is 0 Å². The van der Waals surface area contributed by atoms with Gasteiger partial charge in [-0.1, -0.05) is 11.1 Å². The Bertz CT molecular complexity index is 316. The SMILES string of the molecule is CC(=O)OC1CC2=C3CCCC3C1C2. The van der Waals surface area contributed by atoms with E-state index in [9.17, 15) is 4.79 Å². The second kappa shape index (κ2) is 2.85. The lowest BCUT2D eigenvalue weighted by Crippen LogP contribution is -2.27. The number of rotatable bonds is 1. The quantitative estimate of drug-likeness (QED) is 0.471. The summed E-state index contributed by atoms with van der Waals surface area (Å²) in [5.41, 5.74) is 3.36. The van der Waals surface area contributed by atoms with Gasteiger partial charge in [0.05, 0.1) is 0 Å². The third kappa shape index (κ3) is 1.06. The van der Waals surface area contributed by atoms with E-state index in [-0.39, 0.29) is 12.1 Å². The molecule has 0 N–H and O–H groups in total. The zero-order valence-electron chi connectivity index (χ0n) is 8.58. The predicted octanol–water partition coefficient (Wildman–Crippen LogP) is 2.44. The van der Waals surface area contributed by atoms with Crippen LogP contribution in [0.5, 0.6) is 0 Å². The van der Waals surface area contributed by atoms with E-state index in [1.807, 2.05) is 0 Å². The lowest BCUT2D eigenvalue weighted by molar-refractivity contribution is -0.148. The molecular weight excluding hydrogens is 176 g/mol. The smallest absolute Gasteiger partial charge is 0.302 e. The van der Waals surface area contributed by atoms with Crippen molar-refractivity contribution in [3.8, 4) is 0 Å². The fourth-order valence-corrected chi connectivity index (χ4v) is 3.68. The zero-order valence-corrected chi connectivity index (χ0v) is 8.58. The number of ether oxygens (including phenoxy) is 1. The number of carbonyl (C=O) groups is 1. The molecule has 0 heterocycles. The number of hydrogen-bond donors (Lipinski definition) is 0. The van der Waals surface area contributed by atoms with Crippen molar-refractivity contribution in [2.45, 2.75) is 45.1 Å². The lowest BCUT2D eigenvalue weighted by atomic mass is 9.86. The van der Waals surface area contributed by atoms with Gasteiger partial charge in [0.1, 0.15) is 6.10 Å². The molecule has 0 aliphatic heterocycles. The summed E-state index contributed by atoms with van der Waals surface area (Å²) in [5, 5.41) is 0. The number of allylic oxidation sites excluding steroid dienone is 1. The number of carbonyl (C=O) groups excluding carboxylic acids is 1. The molecule has 3 rings (SSSR count). The molecule has 3 aliphatic rings. The Morgan fingerprint density at radius 3 is 3.07 bits per heavy atom. The van der Waals surface area contributed by atoms with Crippen molar-refractivity contribution in [1.82, 2.24) is 0 Å². The maximum Gasteiger partial charge on any atom is 0.302 e. The third-order valence-electron chi connectivity index (χ3n) is 4.10. The Balaban J connectivity index is 1.82. The van der Waals surface area contributed by atoms with E-state index in [0.717, 1.165) is 12.3 Å². The van der Waals surface area contributed by atoms with Crippen LogP contribution in [0.2, 0.25) is 0 Å². The van der Waals surface area contributed by atoms with Crippen molar-refractivity contribution in [3.63, 3.8) is 0 Å². The summed E-state index contributed by atoms with van der Waals surface area (Å²) < 4.78 is 5.38. The summed E-state index contributed by atoms with van der Waals surface area (Å²) >= 11 is 0. The number of esters is 1. The molecular formula is C12H16O2. The molecule has 0 saturated heterocycles. The maximum absolute atomic E-state index is 10.9. The number of hydrogen-bond acceptors (Lipinski definition) is 2. The molecule has 0 amide bonds. The molecule has 2 heteroatoms. The Morgan fingerprint density at radius 2 is 2.29 bits per heavy atom. The Morgan fingerprint density at radius 1 is 1.43 bits per heavy atom. The van der Waals surface area contributed by atoms with Crippen molar-refractivity contribution in [3.05, 3.63) is 11.1 Å². The van der Waals surface area contributed by atoms with Crippen molar-refractivity contribution in [2.75, 3.05) is 0 Å². The van der Waals surface area contributed by atoms with Crippen LogP contribution in [0.1, 0.15) is 39.0 Å². The van der Waals surface area contributed by atoms with Crippen molar-refractivity contribution in [2.24, 2.45) is 11.8 Å². The molecule has 2 nitrogen and oxygen atoms in total. The first-order valence-electron chi connectivity index (χ1n) is 5.63. The lowest BCUT2D eigenvalue weighted by Gasteiger charge is -2.26. The highest BCUT2D eigenvalue weighted by molar-refractivity contribution is 5.66. The zero-order chi connectivity index (χ0) is 9.71. The van der Waals surface area contributed by atoms with Gasteiger partial charge in [0, 0.05) is 19.3 Å². The fraction of sp³-hybridized carbons (Fsp3) is 0.750. The normalized spacial score (nSPS) is 39.1. The van der Waals surface area contributed by atoms with Crippen LogP contribution in [-0.2, 0) is 9.53 Å². The van der Waals surface area contributed by atoms with Gasteiger partial charge in [0.2, 0.25) is 0 Å². The molecule has 2 fully saturated rings. The Labute approximate surface area is 84.3 Å². The van der Waals surface area contributed by atoms with Crippen molar-refractivity contribution < 1.29 is 9.53 Å². The largest absolute Gasteiger partial charge is 0.462 e. The van der Waals surface area contributed by atoms with Crippen molar-refractivity contribution >= 4 is 5.97 Å². The van der Waals surface area contributed by atoms with Gasteiger partial charge in [-0.15, -0.1) is 0 Å². The molecule has 76 valence electrons. The molecule has 2 bridgehead atoms. The van der Waals surface area contributed by atoms with E-state index < -0.39 is 0 Å². The van der Waals surface area contributed by atoms with E-state index in [4.69, 9.17) is 4.74 Å². The van der Waals surface area contributed by atoms with E-state index >= 15 is 0 Å². The van der Waals surface area contributed by atoms with Gasteiger partial charge in [0.25, 0.3) is 0 Å². The van der Waals surface area contributed by atoms with Crippen molar-refractivity contribution in [1.29, 1.82) is 0 Å². The first-order chi connectivity index (χ1) is 6.75. The average molecular weight is 192 g/mol. The van der Waals surface area contributed by atoms with Crippen LogP contribution in [-0.4, -0.2) is 12.1 Å². The standard InChI is InChI=1S/C12H16O2/c1-7(13)14-12-6-8-5-11(12)10-4-2-3-9(8)10/h10-12H,2-6H2,1H3. The third-order valence-corrected chi connectivity index (χ3v) is 4.10. The highest BCUT2D eigenvalue weighted by Crippen LogP contribution is 2.55. The van der Waals surface area contributed by atoms with E-state index in [1.165, 1.54) is 32.6 Å². The van der Waals surface area contributed by atoms with Crippen LogP contribution in [0.15, 0.2) is 11.1 Å². The van der Waals surface area contributed by atoms with Gasteiger partial charge in [0.15, 0.2) is 0 Å². The predicted molar refractivity (Wildman–Crippen MR) is 52.6 cm³/mol. The van der Waals surface area contributed by atoms with Crippen LogP contribution in [0, 0.1) is 11.8 Å². The minimum Gasteiger partial charge on any atom is -0.462 e. The highest BCUT2D eigenvalue weighted by atomic mass is 16.5. The first kappa shape index (κ1) is 8.51. The van der Waals surface area contributed by atoms with E-state index in [0.29, 0.717) is 5.92 Å². The van der Waals surface area contributed by atoms with Crippen LogP contribution < -0.4 is 0 Å². The minimum absolute atomic E-state index is 0.109. The second-order valence-electron chi connectivity index (χ2n) is 4.85. The van der Waals surface area contributed by atoms with Crippen LogP contribution in [0.25, 0.3) is 0 Å². The van der Waals surface area contributed by atoms with E-state index in [2.05, 4.69) is 0 Å². The summed E-state index contributed by atoms with van der Waals surface area (Å²) in [6, 6.07) is 0. The van der Waals surface area contributed by atoms with Gasteiger partial charge >= 0.3 is 5.97 Å². The van der Waals surface area contributed by atoms with Gasteiger partial charge in [-0.05, 0) is 31.6 Å². The molecule has 2 saturated carbocycles. The molecule has 14 heavy (non-hydrogen) atoms. The molecule has 0 aromatic heterocycles. The summed E-state index contributed by atoms with van der Waals surface area (Å²) in [7, 11) is 0. The van der Waals surface area contributed by atoms with Crippen LogP contribution in [0.3, 0.4) is 0 Å². The van der Waals surface area contributed by atoms with E-state index in [1.54, 1.807) is 11.1 Å². The van der Waals surface area contributed by atoms with Crippen LogP contribution in [0.4, 0.5) is 0 Å². The van der Waals surface area contributed by atoms with Gasteiger partial charge in [-0.25, -0.2) is 0 Å². The molecule has 3 unspecified atom stereocenters. The monoisotopic (exact) mass is 192 g/mol. The highest BCUT2D eigenvalue weighted by Gasteiger charge is 2.48. The second-order valence-corrected chi connectivity index (χ2v) is 4.85. The minimum atomic E-state index is -0.109. The van der Waals surface area contributed by atoms with Gasteiger partial charge in [-0.2, -0.15) is 0 Å². The average Bonchev–Trinajstić information content (AvgIpc) is 2.68. The summed E-state index contributed by atoms with van der Waals surface area (Å²) in [5.74, 6) is 1.32. The fourth-order valence-electron chi connectivity index (χ4n) is 3.68. The Kier molecular flexibility index (Phi) is 1.73. The first-order valence-corrected chi connectivity index (χ1v) is 5.63. The van der Waals surface area contributed by atoms with Gasteiger partial charge < -0.3 is 4.74 Å². The topological polar surface area (TPSA) is 26.3 Å². The molecule has 3 aliphatic carbocycles. The van der Waals surface area contributed by atoms with Gasteiger partial charge in [-0.3, -0.25) is 4.79 Å². The summed E-state index contributed by atoms with van der Waals surface area (Å²) in [4.78, 5) is 10.9. The summed E-state index contributed by atoms with van der Waals surface area (Å²) in [6.45, 7) is 1.52. The maximum atomic E-state index is 10.9. The Hall–Kier alpha value is -0.790. The molecule has 0 spiro atoms. The number of fused-ring (bicyclic) bond motifs is 4. The molecule has 0 aromatic carbocycles. The molecule has 3 atom stereocenters. The molecule has 0 aromatic rings. The summed E-state index contributed by atoms with van der Waals surface area (Å²) in [6.07, 6.45) is 6.49. The molecule has 0 radical (unpaired) electrons.